The number of alkyl carbamates (subject to hydrolysis) is 1. The van der Waals surface area contributed by atoms with Crippen molar-refractivity contribution in [3.8, 4) is 6.07 Å². The van der Waals surface area contributed by atoms with Crippen molar-refractivity contribution < 1.29 is 29.1 Å². The molecule has 0 aromatic heterocycles. The molecule has 2 amide bonds. The van der Waals surface area contributed by atoms with E-state index in [1.54, 1.807) is 11.0 Å². The highest BCUT2D eigenvalue weighted by Crippen LogP contribution is 2.48. The zero-order valence-electron chi connectivity index (χ0n) is 23.3. The lowest BCUT2D eigenvalue weighted by atomic mass is 9.76. The first kappa shape index (κ1) is 28.6. The number of hydrogen-bond donors (Lipinski definition) is 3. The number of hydrogen-bond acceptors (Lipinski definition) is 8. The summed E-state index contributed by atoms with van der Waals surface area (Å²) in [5.41, 5.74) is -0.295. The van der Waals surface area contributed by atoms with Gasteiger partial charge >= 0.3 is 13.2 Å². The molecule has 10 nitrogen and oxygen atoms in total. The van der Waals surface area contributed by atoms with E-state index in [4.69, 9.17) is 9.47 Å². The summed E-state index contributed by atoms with van der Waals surface area (Å²) < 4.78 is 11.5. The standard InChI is InChI=1S/C29H39BN4O6/c1-27(2,33-14-15-40-29(19-33)12-13-29)17-22(18-31)25(35)34-23-8-10-28(34,11-9-23)20-39-26(36)32-24(30(37)38)16-21-6-4-3-5-7-21/h3-7,17,23-24,37-38H,8-16,19-20H2,1-2H3,(H,32,36)/b22-17+/t23?,24-,28?/m0/s1. The number of amides is 2. The summed E-state index contributed by atoms with van der Waals surface area (Å²) in [5.74, 6) is -1.27. The van der Waals surface area contributed by atoms with Gasteiger partial charge in [0.05, 0.1) is 23.7 Å². The van der Waals surface area contributed by atoms with E-state index in [0.29, 0.717) is 19.4 Å². The van der Waals surface area contributed by atoms with Crippen LogP contribution in [-0.4, -0.2) is 93.9 Å². The lowest BCUT2D eigenvalue weighted by Crippen LogP contribution is -2.54. The van der Waals surface area contributed by atoms with Crippen molar-refractivity contribution in [2.45, 2.75) is 87.5 Å². The van der Waals surface area contributed by atoms with E-state index in [2.05, 4.69) is 16.3 Å². The van der Waals surface area contributed by atoms with E-state index >= 15 is 0 Å². The van der Waals surface area contributed by atoms with Crippen LogP contribution in [0.5, 0.6) is 0 Å². The molecule has 4 fully saturated rings. The van der Waals surface area contributed by atoms with Crippen LogP contribution in [0.4, 0.5) is 4.79 Å². The number of carbonyl (C=O) groups excluding carboxylic acids is 2. The normalized spacial score (nSPS) is 26.3. The molecule has 11 heteroatoms. The van der Waals surface area contributed by atoms with Gasteiger partial charge in [-0.25, -0.2) is 4.79 Å². The van der Waals surface area contributed by atoms with Gasteiger partial charge in [0.15, 0.2) is 0 Å². The molecule has 5 rings (SSSR count). The van der Waals surface area contributed by atoms with Gasteiger partial charge in [-0.2, -0.15) is 5.26 Å². The maximum absolute atomic E-state index is 13.8. The largest absolute Gasteiger partial charge is 0.475 e. The highest BCUT2D eigenvalue weighted by atomic mass is 16.6. The number of benzene rings is 1. The Morgan fingerprint density at radius 1 is 1.25 bits per heavy atom. The second-order valence-corrected chi connectivity index (χ2v) is 12.3. The molecule has 1 atom stereocenters. The molecule has 40 heavy (non-hydrogen) atoms. The Morgan fingerprint density at radius 2 is 1.95 bits per heavy atom. The first-order chi connectivity index (χ1) is 19.1. The van der Waals surface area contributed by atoms with Gasteiger partial charge < -0.3 is 29.7 Å². The topological polar surface area (TPSA) is 135 Å². The van der Waals surface area contributed by atoms with Crippen LogP contribution in [0.1, 0.15) is 57.9 Å². The Hall–Kier alpha value is -2.91. The van der Waals surface area contributed by atoms with Gasteiger partial charge in [-0.05, 0) is 70.4 Å². The molecule has 1 aliphatic carbocycles. The molecule has 2 bridgehead atoms. The second kappa shape index (κ2) is 11.2. The Labute approximate surface area is 236 Å². The summed E-state index contributed by atoms with van der Waals surface area (Å²) in [6, 6.07) is 11.4. The highest BCUT2D eigenvalue weighted by molar-refractivity contribution is 6.43. The molecule has 3 aliphatic heterocycles. The number of fused-ring (bicyclic) bond motifs is 2. The van der Waals surface area contributed by atoms with Crippen LogP contribution in [-0.2, 0) is 20.7 Å². The van der Waals surface area contributed by atoms with Crippen molar-refractivity contribution in [3.05, 3.63) is 47.5 Å². The van der Waals surface area contributed by atoms with Crippen molar-refractivity contribution in [2.24, 2.45) is 0 Å². The molecule has 1 saturated carbocycles. The van der Waals surface area contributed by atoms with Gasteiger partial charge in [0.2, 0.25) is 0 Å². The van der Waals surface area contributed by atoms with Crippen molar-refractivity contribution in [2.75, 3.05) is 26.3 Å². The third kappa shape index (κ3) is 5.91. The fourth-order valence-corrected chi connectivity index (χ4v) is 6.61. The van der Waals surface area contributed by atoms with E-state index in [1.165, 1.54) is 0 Å². The fourth-order valence-electron chi connectivity index (χ4n) is 6.61. The molecule has 214 valence electrons. The van der Waals surface area contributed by atoms with E-state index in [9.17, 15) is 24.9 Å². The number of ether oxygens (including phenoxy) is 2. The van der Waals surface area contributed by atoms with E-state index in [0.717, 1.165) is 44.3 Å². The quantitative estimate of drug-likeness (QED) is 0.241. The minimum atomic E-state index is -1.76. The first-order valence-electron chi connectivity index (χ1n) is 14.3. The van der Waals surface area contributed by atoms with Gasteiger partial charge in [0.25, 0.3) is 5.91 Å². The Morgan fingerprint density at radius 3 is 2.58 bits per heavy atom. The Balaban J connectivity index is 1.24. The molecule has 3 N–H and O–H groups in total. The van der Waals surface area contributed by atoms with Crippen LogP contribution < -0.4 is 5.32 Å². The van der Waals surface area contributed by atoms with E-state index in [1.807, 2.05) is 44.2 Å². The monoisotopic (exact) mass is 550 g/mol. The van der Waals surface area contributed by atoms with Gasteiger partial charge in [0, 0.05) is 24.7 Å². The average Bonchev–Trinajstić information content (AvgIpc) is 3.44. The summed E-state index contributed by atoms with van der Waals surface area (Å²) in [4.78, 5) is 30.6. The summed E-state index contributed by atoms with van der Waals surface area (Å²) in [5, 5.41) is 32.2. The molecular formula is C29H39BN4O6. The van der Waals surface area contributed by atoms with Gasteiger partial charge in [-0.3, -0.25) is 9.69 Å². The van der Waals surface area contributed by atoms with Crippen LogP contribution in [0, 0.1) is 11.3 Å². The van der Waals surface area contributed by atoms with Gasteiger partial charge in [-0.15, -0.1) is 0 Å². The lowest BCUT2D eigenvalue weighted by Gasteiger charge is -2.42. The molecule has 1 aromatic carbocycles. The smallest absolute Gasteiger partial charge is 0.447 e. The number of rotatable bonds is 9. The predicted octanol–water partition coefficient (Wildman–Crippen LogP) is 1.95. The number of nitrogens with zero attached hydrogens (tertiary/aromatic N) is 3. The molecular weight excluding hydrogens is 511 g/mol. The van der Waals surface area contributed by atoms with Crippen molar-refractivity contribution in [3.63, 3.8) is 0 Å². The fraction of sp³-hybridized carbons (Fsp3) is 0.621. The minimum absolute atomic E-state index is 0.00207. The zero-order valence-corrected chi connectivity index (χ0v) is 23.3. The predicted molar refractivity (Wildman–Crippen MR) is 148 cm³/mol. The molecule has 4 aliphatic rings. The summed E-state index contributed by atoms with van der Waals surface area (Å²) >= 11 is 0. The summed E-state index contributed by atoms with van der Waals surface area (Å²) in [6.07, 6.45) is 6.26. The molecule has 3 heterocycles. The molecule has 1 spiro atoms. The number of nitriles is 1. The van der Waals surface area contributed by atoms with E-state index in [-0.39, 0.29) is 36.2 Å². The third-order valence-electron chi connectivity index (χ3n) is 9.13. The maximum Gasteiger partial charge on any atom is 0.475 e. The molecule has 1 aromatic rings. The van der Waals surface area contributed by atoms with Crippen LogP contribution >= 0.6 is 0 Å². The summed E-state index contributed by atoms with van der Waals surface area (Å²) in [7, 11) is -1.76. The Bertz CT molecular complexity index is 1170. The molecule has 0 unspecified atom stereocenters. The summed E-state index contributed by atoms with van der Waals surface area (Å²) in [6.45, 7) is 6.21. The van der Waals surface area contributed by atoms with Crippen LogP contribution in [0.2, 0.25) is 0 Å². The minimum Gasteiger partial charge on any atom is -0.447 e. The number of carbonyl (C=O) groups is 2. The van der Waals surface area contributed by atoms with Crippen molar-refractivity contribution in [1.82, 2.24) is 15.1 Å². The second-order valence-electron chi connectivity index (χ2n) is 12.3. The van der Waals surface area contributed by atoms with Gasteiger partial charge in [-0.1, -0.05) is 30.3 Å². The first-order valence-corrected chi connectivity index (χ1v) is 14.3. The van der Waals surface area contributed by atoms with Crippen LogP contribution in [0.3, 0.4) is 0 Å². The third-order valence-corrected chi connectivity index (χ3v) is 9.13. The Kier molecular flexibility index (Phi) is 7.99. The van der Waals surface area contributed by atoms with E-state index < -0.39 is 30.2 Å². The number of morpholine rings is 1. The molecule has 3 saturated heterocycles. The van der Waals surface area contributed by atoms with Crippen molar-refractivity contribution in [1.29, 1.82) is 5.26 Å². The highest BCUT2D eigenvalue weighted by Gasteiger charge is 2.55. The SMILES string of the molecule is CC(C)(/C=C(\C#N)C(=O)N1C2CCC1(COC(=O)N[C@@H](Cc1ccccc1)B(O)O)CC2)N1CCOC2(CC2)C1. The average molecular weight is 550 g/mol. The van der Waals surface area contributed by atoms with Crippen molar-refractivity contribution >= 4 is 19.1 Å². The van der Waals surface area contributed by atoms with Crippen LogP contribution in [0.25, 0.3) is 0 Å². The number of nitrogens with one attached hydrogen (secondary N) is 1. The van der Waals surface area contributed by atoms with Gasteiger partial charge in [0.1, 0.15) is 18.2 Å². The lowest BCUT2D eigenvalue weighted by molar-refractivity contribution is -0.132. The maximum atomic E-state index is 13.8. The zero-order chi connectivity index (χ0) is 28.5. The van der Waals surface area contributed by atoms with Crippen LogP contribution in [0.15, 0.2) is 42.0 Å². The molecule has 0 radical (unpaired) electrons.